The first-order chi connectivity index (χ1) is 13.1. The zero-order chi connectivity index (χ0) is 19.0. The second-order valence-corrected chi connectivity index (χ2v) is 7.47. The van der Waals surface area contributed by atoms with Crippen LogP contribution >= 0.6 is 0 Å². The second-order valence-electron chi connectivity index (χ2n) is 7.47. The molecule has 3 heterocycles. The van der Waals surface area contributed by atoms with E-state index in [2.05, 4.69) is 33.9 Å². The van der Waals surface area contributed by atoms with Crippen molar-refractivity contribution >= 4 is 11.8 Å². The third-order valence-electron chi connectivity index (χ3n) is 5.47. The average molecular weight is 367 g/mol. The van der Waals surface area contributed by atoms with Crippen molar-refractivity contribution in [2.75, 3.05) is 6.54 Å². The molecule has 4 rings (SSSR count). The predicted molar refractivity (Wildman–Crippen MR) is 100 cm³/mol. The van der Waals surface area contributed by atoms with Crippen molar-refractivity contribution in [3.63, 3.8) is 0 Å². The number of aromatic nitrogens is 3. The largest absolute Gasteiger partial charge is 0.314 e. The van der Waals surface area contributed by atoms with E-state index >= 15 is 0 Å². The van der Waals surface area contributed by atoms with E-state index in [1.165, 1.54) is 17.7 Å². The molecule has 1 N–H and O–H groups in total. The van der Waals surface area contributed by atoms with Crippen LogP contribution in [0, 0.1) is 0 Å². The first-order valence-electron chi connectivity index (χ1n) is 9.69. The van der Waals surface area contributed by atoms with E-state index in [0.29, 0.717) is 24.1 Å². The lowest BCUT2D eigenvalue weighted by molar-refractivity contribution is 0.0648. The van der Waals surface area contributed by atoms with Crippen LogP contribution in [0.5, 0.6) is 0 Å². The fraction of sp³-hybridized carbons (Fsp3) is 0.500. The minimum Gasteiger partial charge on any atom is -0.314 e. The first kappa shape index (κ1) is 17.9. The lowest BCUT2D eigenvalue weighted by Gasteiger charge is -2.23. The number of fused-ring (bicyclic) bond motifs is 2. The van der Waals surface area contributed by atoms with Gasteiger partial charge in [-0.05, 0) is 45.2 Å². The molecule has 0 spiro atoms. The fourth-order valence-electron chi connectivity index (χ4n) is 4.00. The van der Waals surface area contributed by atoms with Gasteiger partial charge in [0.25, 0.3) is 11.8 Å². The van der Waals surface area contributed by atoms with Crippen LogP contribution in [0.25, 0.3) is 0 Å². The number of rotatable bonds is 6. The third kappa shape index (κ3) is 3.27. The number of nitrogens with zero attached hydrogens (tertiary/aromatic N) is 4. The van der Waals surface area contributed by atoms with Gasteiger partial charge in [0, 0.05) is 25.6 Å². The van der Waals surface area contributed by atoms with Gasteiger partial charge in [-0.15, -0.1) is 10.2 Å². The Hall–Kier alpha value is -2.54. The van der Waals surface area contributed by atoms with Crippen molar-refractivity contribution in [2.45, 2.75) is 58.2 Å². The minimum atomic E-state index is -0.192. The minimum absolute atomic E-state index is 0.0709. The topological polar surface area (TPSA) is 80.1 Å². The van der Waals surface area contributed by atoms with Crippen molar-refractivity contribution in [1.29, 1.82) is 0 Å². The number of amides is 2. The summed E-state index contributed by atoms with van der Waals surface area (Å²) in [6.07, 6.45) is 4.03. The predicted octanol–water partition coefficient (Wildman–Crippen LogP) is 2.34. The van der Waals surface area contributed by atoms with Gasteiger partial charge >= 0.3 is 0 Å². The molecular formula is C20H25N5O2. The summed E-state index contributed by atoms with van der Waals surface area (Å²) in [5.74, 6) is 1.66. The molecule has 0 bridgehead atoms. The molecule has 2 amide bonds. The van der Waals surface area contributed by atoms with Crippen molar-refractivity contribution < 1.29 is 9.59 Å². The lowest BCUT2D eigenvalue weighted by atomic mass is 10.1. The SMILES string of the molecule is C[C@H](CCN1C(=O)c2ccccc2C1=O)N[C@H](C)c1nnc2n1CCCC2. The Morgan fingerprint density at radius 3 is 2.48 bits per heavy atom. The van der Waals surface area contributed by atoms with E-state index in [9.17, 15) is 9.59 Å². The zero-order valence-corrected chi connectivity index (χ0v) is 15.8. The maximum atomic E-state index is 12.5. The summed E-state index contributed by atoms with van der Waals surface area (Å²) >= 11 is 0. The van der Waals surface area contributed by atoms with Crippen LogP contribution < -0.4 is 5.32 Å². The Bertz CT molecular complexity index is 840. The molecular weight excluding hydrogens is 342 g/mol. The van der Waals surface area contributed by atoms with E-state index in [-0.39, 0.29) is 23.9 Å². The van der Waals surface area contributed by atoms with Crippen LogP contribution in [0.1, 0.15) is 71.5 Å². The standard InChI is InChI=1S/C20H25N5O2/c1-13(21-14(2)18-23-22-17-9-5-6-11-24(17)18)10-12-25-19(26)15-7-3-4-8-16(15)20(25)27/h3-4,7-8,13-14,21H,5-6,9-12H2,1-2H3/t13-,14-/m1/s1. The van der Waals surface area contributed by atoms with Gasteiger partial charge in [0.05, 0.1) is 17.2 Å². The van der Waals surface area contributed by atoms with Crippen LogP contribution in [0.15, 0.2) is 24.3 Å². The molecule has 2 atom stereocenters. The molecule has 1 aromatic heterocycles. The maximum Gasteiger partial charge on any atom is 0.261 e. The molecule has 2 aliphatic heterocycles. The molecule has 0 saturated heterocycles. The van der Waals surface area contributed by atoms with Crippen molar-refractivity contribution in [1.82, 2.24) is 25.0 Å². The summed E-state index contributed by atoms with van der Waals surface area (Å²) in [4.78, 5) is 26.3. The normalized spacial score (nSPS) is 18.4. The van der Waals surface area contributed by atoms with E-state index < -0.39 is 0 Å². The van der Waals surface area contributed by atoms with Crippen molar-refractivity contribution in [3.8, 4) is 0 Å². The quantitative estimate of drug-likeness (QED) is 0.793. The Kier molecular flexibility index (Phi) is 4.78. The third-order valence-corrected chi connectivity index (χ3v) is 5.47. The van der Waals surface area contributed by atoms with Crippen LogP contribution in [0.4, 0.5) is 0 Å². The first-order valence-corrected chi connectivity index (χ1v) is 9.69. The Morgan fingerprint density at radius 2 is 1.78 bits per heavy atom. The average Bonchev–Trinajstić information content (AvgIpc) is 3.21. The van der Waals surface area contributed by atoms with Crippen LogP contribution in [-0.4, -0.2) is 44.1 Å². The number of aryl methyl sites for hydroxylation is 1. The summed E-state index contributed by atoms with van der Waals surface area (Å²) in [5, 5.41) is 12.2. The summed E-state index contributed by atoms with van der Waals surface area (Å²) in [5.41, 5.74) is 1.01. The zero-order valence-electron chi connectivity index (χ0n) is 15.8. The number of carbonyl (C=O) groups is 2. The van der Waals surface area contributed by atoms with Crippen LogP contribution in [-0.2, 0) is 13.0 Å². The van der Waals surface area contributed by atoms with E-state index in [0.717, 1.165) is 24.6 Å². The molecule has 7 heteroatoms. The molecule has 0 saturated carbocycles. The summed E-state index contributed by atoms with van der Waals surface area (Å²) in [7, 11) is 0. The number of hydrogen-bond donors (Lipinski definition) is 1. The molecule has 1 aromatic carbocycles. The second kappa shape index (κ2) is 7.23. The highest BCUT2D eigenvalue weighted by atomic mass is 16.2. The van der Waals surface area contributed by atoms with Gasteiger partial charge in [0.1, 0.15) is 11.6 Å². The summed E-state index contributed by atoms with van der Waals surface area (Å²) < 4.78 is 2.22. The summed E-state index contributed by atoms with van der Waals surface area (Å²) in [6.45, 7) is 5.55. The number of nitrogens with one attached hydrogen (secondary N) is 1. The molecule has 0 unspecified atom stereocenters. The van der Waals surface area contributed by atoms with E-state index in [1.54, 1.807) is 24.3 Å². The number of benzene rings is 1. The van der Waals surface area contributed by atoms with Gasteiger partial charge < -0.3 is 9.88 Å². The highest BCUT2D eigenvalue weighted by Crippen LogP contribution is 2.23. The van der Waals surface area contributed by atoms with Crippen LogP contribution in [0.2, 0.25) is 0 Å². The smallest absolute Gasteiger partial charge is 0.261 e. The monoisotopic (exact) mass is 367 g/mol. The molecule has 0 fully saturated rings. The summed E-state index contributed by atoms with van der Waals surface area (Å²) in [6, 6.07) is 7.22. The molecule has 142 valence electrons. The lowest BCUT2D eigenvalue weighted by Crippen LogP contribution is -2.37. The molecule has 27 heavy (non-hydrogen) atoms. The Labute approximate surface area is 158 Å². The van der Waals surface area contributed by atoms with Gasteiger partial charge in [0.2, 0.25) is 0 Å². The van der Waals surface area contributed by atoms with Gasteiger partial charge in [0.15, 0.2) is 0 Å². The van der Waals surface area contributed by atoms with E-state index in [1.807, 2.05) is 0 Å². The Balaban J connectivity index is 1.35. The van der Waals surface area contributed by atoms with Gasteiger partial charge in [-0.25, -0.2) is 0 Å². The van der Waals surface area contributed by atoms with E-state index in [4.69, 9.17) is 0 Å². The molecule has 7 nitrogen and oxygen atoms in total. The Morgan fingerprint density at radius 1 is 1.07 bits per heavy atom. The van der Waals surface area contributed by atoms with Gasteiger partial charge in [-0.3, -0.25) is 14.5 Å². The number of hydrogen-bond acceptors (Lipinski definition) is 5. The number of imide groups is 1. The van der Waals surface area contributed by atoms with Crippen molar-refractivity contribution in [2.24, 2.45) is 0 Å². The van der Waals surface area contributed by atoms with Gasteiger partial charge in [-0.2, -0.15) is 0 Å². The number of carbonyl (C=O) groups excluding carboxylic acids is 2. The highest BCUT2D eigenvalue weighted by Gasteiger charge is 2.34. The molecule has 2 aromatic rings. The highest BCUT2D eigenvalue weighted by molar-refractivity contribution is 6.21. The van der Waals surface area contributed by atoms with Gasteiger partial charge in [-0.1, -0.05) is 12.1 Å². The maximum absolute atomic E-state index is 12.5. The van der Waals surface area contributed by atoms with Crippen molar-refractivity contribution in [3.05, 3.63) is 47.0 Å². The van der Waals surface area contributed by atoms with Crippen LogP contribution in [0.3, 0.4) is 0 Å². The fourth-order valence-corrected chi connectivity index (χ4v) is 4.00. The molecule has 2 aliphatic rings. The molecule has 0 aliphatic carbocycles. The molecule has 0 radical (unpaired) electrons.